The minimum atomic E-state index is -0.821. The summed E-state index contributed by atoms with van der Waals surface area (Å²) in [5.74, 6) is -0.180. The highest BCUT2D eigenvalue weighted by Crippen LogP contribution is 2.24. The second kappa shape index (κ2) is 8.15. The number of hydrogen-bond acceptors (Lipinski definition) is 4. The number of benzene rings is 2. The topological polar surface area (TPSA) is 66.8 Å². The quantitative estimate of drug-likeness (QED) is 0.811. The Morgan fingerprint density at radius 2 is 1.88 bits per heavy atom. The number of hydrogen-bond donors (Lipinski definition) is 1. The molecule has 0 saturated carbocycles. The van der Waals surface area contributed by atoms with Crippen molar-refractivity contribution in [2.75, 3.05) is 6.61 Å². The van der Waals surface area contributed by atoms with Crippen LogP contribution in [0.15, 0.2) is 54.6 Å². The molecule has 1 aliphatic rings. The highest BCUT2D eigenvalue weighted by Gasteiger charge is 2.39. The molecule has 1 N–H and O–H groups in total. The summed E-state index contributed by atoms with van der Waals surface area (Å²) >= 11 is 0. The van der Waals surface area contributed by atoms with Crippen LogP contribution < -0.4 is 0 Å². The molecule has 26 heavy (non-hydrogen) atoms. The molecular formula is C21H23NO4. The van der Waals surface area contributed by atoms with Gasteiger partial charge in [0.1, 0.15) is 5.75 Å². The fraction of sp³-hybridized carbons (Fsp3) is 0.333. The first kappa shape index (κ1) is 18.1. The number of amides is 1. The van der Waals surface area contributed by atoms with E-state index in [-0.39, 0.29) is 23.6 Å². The van der Waals surface area contributed by atoms with Gasteiger partial charge in [0.2, 0.25) is 5.91 Å². The zero-order chi connectivity index (χ0) is 18.5. The number of nitrogens with zero attached hydrogens (tertiary/aromatic N) is 1. The van der Waals surface area contributed by atoms with Crippen LogP contribution in [0.2, 0.25) is 0 Å². The molecule has 2 aromatic carbocycles. The summed E-state index contributed by atoms with van der Waals surface area (Å²) in [5.41, 5.74) is 2.07. The molecular weight excluding hydrogens is 330 g/mol. The van der Waals surface area contributed by atoms with Gasteiger partial charge in [0, 0.05) is 5.92 Å². The Hall–Kier alpha value is -2.66. The average molecular weight is 353 g/mol. The highest BCUT2D eigenvalue weighted by molar-refractivity contribution is 5.82. The molecule has 5 nitrogen and oxygen atoms in total. The SMILES string of the molecule is C[C@@H](Cc1ccc(O)cc1)C(=O)N1C(C=O)OC[C@@H]1Cc1ccccc1. The lowest BCUT2D eigenvalue weighted by atomic mass is 9.98. The number of carbonyl (C=O) groups excluding carboxylic acids is 2. The molecule has 5 heteroatoms. The average Bonchev–Trinajstić information content (AvgIpc) is 3.06. The second-order valence-corrected chi connectivity index (χ2v) is 6.72. The van der Waals surface area contributed by atoms with Crippen LogP contribution in [0.5, 0.6) is 5.75 Å². The van der Waals surface area contributed by atoms with Crippen molar-refractivity contribution in [2.45, 2.75) is 32.0 Å². The summed E-state index contributed by atoms with van der Waals surface area (Å²) in [5, 5.41) is 9.38. The largest absolute Gasteiger partial charge is 0.508 e. The van der Waals surface area contributed by atoms with E-state index in [0.717, 1.165) is 11.1 Å². The summed E-state index contributed by atoms with van der Waals surface area (Å²) in [6, 6.07) is 16.6. The molecule has 0 aromatic heterocycles. The lowest BCUT2D eigenvalue weighted by Gasteiger charge is -2.28. The number of phenolic OH excluding ortho intramolecular Hbond substituents is 1. The molecule has 1 heterocycles. The maximum absolute atomic E-state index is 13.0. The van der Waals surface area contributed by atoms with Crippen molar-refractivity contribution in [3.05, 3.63) is 65.7 Å². The molecule has 1 aliphatic heterocycles. The Morgan fingerprint density at radius 3 is 2.54 bits per heavy atom. The number of ether oxygens (including phenoxy) is 1. The summed E-state index contributed by atoms with van der Waals surface area (Å²) in [6.07, 6.45) is 1.07. The Morgan fingerprint density at radius 1 is 1.19 bits per heavy atom. The number of phenols is 1. The Labute approximate surface area is 153 Å². The van der Waals surface area contributed by atoms with E-state index in [9.17, 15) is 14.7 Å². The third-order valence-corrected chi connectivity index (χ3v) is 4.71. The maximum Gasteiger partial charge on any atom is 0.228 e. The van der Waals surface area contributed by atoms with Crippen LogP contribution in [0.1, 0.15) is 18.1 Å². The van der Waals surface area contributed by atoms with E-state index < -0.39 is 6.23 Å². The third-order valence-electron chi connectivity index (χ3n) is 4.71. The standard InChI is InChI=1S/C21H23NO4/c1-15(11-17-7-9-19(24)10-8-17)21(25)22-18(14-26-20(22)13-23)12-16-5-3-2-4-6-16/h2-10,13,15,18,20,24H,11-12,14H2,1H3/t15-,18-,20?/m0/s1. The van der Waals surface area contributed by atoms with Crippen LogP contribution in [0, 0.1) is 5.92 Å². The zero-order valence-corrected chi connectivity index (χ0v) is 14.7. The molecule has 0 bridgehead atoms. The number of aromatic hydroxyl groups is 1. The Bertz CT molecular complexity index is 744. The third kappa shape index (κ3) is 4.11. The van der Waals surface area contributed by atoms with E-state index in [4.69, 9.17) is 4.74 Å². The molecule has 3 atom stereocenters. The highest BCUT2D eigenvalue weighted by atomic mass is 16.5. The second-order valence-electron chi connectivity index (χ2n) is 6.72. The normalized spacial score (nSPS) is 20.7. The first-order valence-electron chi connectivity index (χ1n) is 8.79. The summed E-state index contributed by atoms with van der Waals surface area (Å²) in [4.78, 5) is 26.0. The monoisotopic (exact) mass is 353 g/mol. The van der Waals surface area contributed by atoms with Crippen molar-refractivity contribution in [1.29, 1.82) is 0 Å². The number of aldehydes is 1. The smallest absolute Gasteiger partial charge is 0.228 e. The van der Waals surface area contributed by atoms with Crippen molar-refractivity contribution in [3.63, 3.8) is 0 Å². The lowest BCUT2D eigenvalue weighted by Crippen LogP contribution is -2.46. The van der Waals surface area contributed by atoms with Gasteiger partial charge in [-0.1, -0.05) is 49.4 Å². The van der Waals surface area contributed by atoms with Gasteiger partial charge >= 0.3 is 0 Å². The Balaban J connectivity index is 1.72. The van der Waals surface area contributed by atoms with Crippen LogP contribution >= 0.6 is 0 Å². The van der Waals surface area contributed by atoms with Crippen molar-refractivity contribution in [1.82, 2.24) is 4.90 Å². The zero-order valence-electron chi connectivity index (χ0n) is 14.7. The van der Waals surface area contributed by atoms with Crippen molar-refractivity contribution in [3.8, 4) is 5.75 Å². The van der Waals surface area contributed by atoms with Gasteiger partial charge < -0.3 is 14.7 Å². The summed E-state index contributed by atoms with van der Waals surface area (Å²) in [7, 11) is 0. The fourth-order valence-electron chi connectivity index (χ4n) is 3.36. The van der Waals surface area contributed by atoms with Gasteiger partial charge in [-0.3, -0.25) is 9.59 Å². The molecule has 0 aliphatic carbocycles. The number of rotatable bonds is 6. The van der Waals surface area contributed by atoms with Gasteiger partial charge in [-0.15, -0.1) is 0 Å². The van der Waals surface area contributed by atoms with E-state index in [1.165, 1.54) is 0 Å². The fourth-order valence-corrected chi connectivity index (χ4v) is 3.36. The van der Waals surface area contributed by atoms with Crippen molar-refractivity contribution in [2.24, 2.45) is 5.92 Å². The minimum absolute atomic E-state index is 0.0893. The molecule has 0 spiro atoms. The van der Waals surface area contributed by atoms with Gasteiger partial charge in [0.05, 0.1) is 12.6 Å². The summed E-state index contributed by atoms with van der Waals surface area (Å²) in [6.45, 7) is 2.21. The van der Waals surface area contributed by atoms with Crippen molar-refractivity contribution >= 4 is 12.2 Å². The molecule has 1 saturated heterocycles. The maximum atomic E-state index is 13.0. The summed E-state index contributed by atoms with van der Waals surface area (Å²) < 4.78 is 5.54. The van der Waals surface area contributed by atoms with Gasteiger partial charge in [-0.05, 0) is 36.1 Å². The predicted octanol–water partition coefficient (Wildman–Crippen LogP) is 2.57. The van der Waals surface area contributed by atoms with Gasteiger partial charge in [-0.2, -0.15) is 0 Å². The first-order chi connectivity index (χ1) is 12.6. The van der Waals surface area contributed by atoms with Crippen molar-refractivity contribution < 1.29 is 19.4 Å². The molecule has 0 radical (unpaired) electrons. The first-order valence-corrected chi connectivity index (χ1v) is 8.79. The van der Waals surface area contributed by atoms with Crippen LogP contribution in [-0.4, -0.2) is 41.1 Å². The van der Waals surface area contributed by atoms with Gasteiger partial charge in [-0.25, -0.2) is 0 Å². The van der Waals surface area contributed by atoms with Crippen LogP contribution in [0.25, 0.3) is 0 Å². The van der Waals surface area contributed by atoms with Gasteiger partial charge in [0.25, 0.3) is 0 Å². The van der Waals surface area contributed by atoms with E-state index in [0.29, 0.717) is 25.7 Å². The lowest BCUT2D eigenvalue weighted by molar-refractivity contribution is -0.145. The molecule has 136 valence electrons. The van der Waals surface area contributed by atoms with Crippen LogP contribution in [0.3, 0.4) is 0 Å². The van der Waals surface area contributed by atoms with Crippen LogP contribution in [0.4, 0.5) is 0 Å². The van der Waals surface area contributed by atoms with Gasteiger partial charge in [0.15, 0.2) is 12.5 Å². The number of carbonyl (C=O) groups is 2. The van der Waals surface area contributed by atoms with E-state index in [1.807, 2.05) is 37.3 Å². The van der Waals surface area contributed by atoms with E-state index in [1.54, 1.807) is 29.2 Å². The minimum Gasteiger partial charge on any atom is -0.508 e. The predicted molar refractivity (Wildman–Crippen MR) is 97.6 cm³/mol. The molecule has 3 rings (SSSR count). The molecule has 1 unspecified atom stereocenters. The van der Waals surface area contributed by atoms with E-state index in [2.05, 4.69) is 0 Å². The molecule has 1 amide bonds. The van der Waals surface area contributed by atoms with Crippen LogP contribution in [-0.2, 0) is 27.2 Å². The molecule has 1 fully saturated rings. The molecule has 2 aromatic rings. The van der Waals surface area contributed by atoms with E-state index >= 15 is 0 Å². The Kier molecular flexibility index (Phi) is 5.68.